The first-order chi connectivity index (χ1) is 8.10. The fraction of sp³-hybridized carbons (Fsp3) is 0.357. The average Bonchev–Trinajstić information content (AvgIpc) is 2.27. The van der Waals surface area contributed by atoms with E-state index in [2.05, 4.69) is 30.2 Å². The van der Waals surface area contributed by atoms with Crippen LogP contribution in [-0.2, 0) is 6.42 Å². The molecular formula is C14H17ClN2. The molecular weight excluding hydrogens is 232 g/mol. The lowest BCUT2D eigenvalue weighted by molar-refractivity contribution is 0.637. The normalized spacial score (nSPS) is 11.1. The van der Waals surface area contributed by atoms with Crippen LogP contribution in [0.4, 0.5) is 5.69 Å². The van der Waals surface area contributed by atoms with E-state index in [1.165, 1.54) is 0 Å². The average molecular weight is 249 g/mol. The Labute approximate surface area is 107 Å². The van der Waals surface area contributed by atoms with Crippen molar-refractivity contribution in [3.8, 4) is 0 Å². The van der Waals surface area contributed by atoms with E-state index in [0.717, 1.165) is 33.7 Å². The number of hydrogen-bond donors (Lipinski definition) is 1. The van der Waals surface area contributed by atoms with Gasteiger partial charge in [0.2, 0.25) is 0 Å². The third-order valence-corrected chi connectivity index (χ3v) is 2.95. The molecule has 0 atom stereocenters. The molecule has 1 N–H and O–H groups in total. The highest BCUT2D eigenvalue weighted by Crippen LogP contribution is 2.26. The number of nitrogens with zero attached hydrogens (tertiary/aromatic N) is 1. The molecule has 0 bridgehead atoms. The zero-order valence-electron chi connectivity index (χ0n) is 10.4. The van der Waals surface area contributed by atoms with Crippen LogP contribution in [0.15, 0.2) is 24.3 Å². The third-order valence-electron chi connectivity index (χ3n) is 2.71. The predicted octanol–water partition coefficient (Wildman–Crippen LogP) is 4.13. The van der Waals surface area contributed by atoms with E-state index in [4.69, 9.17) is 11.6 Å². The molecule has 1 heterocycles. The van der Waals surface area contributed by atoms with Gasteiger partial charge in [-0.2, -0.15) is 0 Å². The number of pyridine rings is 1. The number of rotatable bonds is 3. The van der Waals surface area contributed by atoms with Crippen LogP contribution in [0.2, 0.25) is 5.02 Å². The smallest absolute Gasteiger partial charge is 0.0727 e. The van der Waals surface area contributed by atoms with E-state index >= 15 is 0 Å². The molecule has 1 aromatic heterocycles. The monoisotopic (exact) mass is 248 g/mol. The van der Waals surface area contributed by atoms with Crippen LogP contribution in [0.1, 0.15) is 19.5 Å². The summed E-state index contributed by atoms with van der Waals surface area (Å²) in [5.74, 6) is 0.608. The lowest BCUT2D eigenvalue weighted by Gasteiger charge is -2.10. The Kier molecular flexibility index (Phi) is 3.53. The van der Waals surface area contributed by atoms with Gasteiger partial charge < -0.3 is 5.32 Å². The van der Waals surface area contributed by atoms with Crippen molar-refractivity contribution in [2.45, 2.75) is 20.3 Å². The molecule has 0 aliphatic rings. The van der Waals surface area contributed by atoms with E-state index in [1.54, 1.807) is 0 Å². The summed E-state index contributed by atoms with van der Waals surface area (Å²) in [5, 5.41) is 5.03. The Hall–Kier alpha value is -1.28. The Bertz CT molecular complexity index is 535. The molecule has 0 spiro atoms. The number of anilines is 1. The molecule has 90 valence electrons. The molecule has 0 aliphatic heterocycles. The van der Waals surface area contributed by atoms with Crippen LogP contribution >= 0.6 is 11.6 Å². The molecule has 0 saturated heterocycles. The van der Waals surface area contributed by atoms with Crippen molar-refractivity contribution in [2.24, 2.45) is 5.92 Å². The maximum atomic E-state index is 6.02. The molecule has 2 nitrogen and oxygen atoms in total. The second kappa shape index (κ2) is 4.92. The van der Waals surface area contributed by atoms with Crippen LogP contribution in [0.25, 0.3) is 10.9 Å². The lowest BCUT2D eigenvalue weighted by Crippen LogP contribution is -2.00. The summed E-state index contributed by atoms with van der Waals surface area (Å²) < 4.78 is 0. The minimum Gasteiger partial charge on any atom is -0.388 e. The summed E-state index contributed by atoms with van der Waals surface area (Å²) in [4.78, 5) is 4.67. The van der Waals surface area contributed by atoms with Gasteiger partial charge in [-0.15, -0.1) is 0 Å². The maximum absolute atomic E-state index is 6.02. The molecule has 0 aliphatic carbocycles. The first-order valence-electron chi connectivity index (χ1n) is 5.87. The molecule has 1 aromatic carbocycles. The zero-order chi connectivity index (χ0) is 12.4. The van der Waals surface area contributed by atoms with E-state index in [0.29, 0.717) is 5.92 Å². The largest absolute Gasteiger partial charge is 0.388 e. The number of aromatic nitrogens is 1. The maximum Gasteiger partial charge on any atom is 0.0727 e. The highest BCUT2D eigenvalue weighted by atomic mass is 35.5. The molecule has 17 heavy (non-hydrogen) atoms. The molecule has 3 heteroatoms. The van der Waals surface area contributed by atoms with Gasteiger partial charge in [-0.25, -0.2) is 0 Å². The molecule has 0 saturated carbocycles. The Morgan fingerprint density at radius 3 is 2.71 bits per heavy atom. The van der Waals surface area contributed by atoms with Crippen molar-refractivity contribution in [1.29, 1.82) is 0 Å². The van der Waals surface area contributed by atoms with Gasteiger partial charge in [0.25, 0.3) is 0 Å². The Morgan fingerprint density at radius 1 is 1.29 bits per heavy atom. The van der Waals surface area contributed by atoms with Crippen molar-refractivity contribution in [1.82, 2.24) is 4.98 Å². The summed E-state index contributed by atoms with van der Waals surface area (Å²) in [6.45, 7) is 4.40. The van der Waals surface area contributed by atoms with Gasteiger partial charge in [0.05, 0.1) is 5.52 Å². The topological polar surface area (TPSA) is 24.9 Å². The van der Waals surface area contributed by atoms with Gasteiger partial charge in [-0.3, -0.25) is 4.98 Å². The van der Waals surface area contributed by atoms with Crippen LogP contribution in [-0.4, -0.2) is 12.0 Å². The summed E-state index contributed by atoms with van der Waals surface area (Å²) in [6.07, 6.45) is 0.993. The van der Waals surface area contributed by atoms with E-state index < -0.39 is 0 Å². The van der Waals surface area contributed by atoms with Crippen LogP contribution in [0, 0.1) is 5.92 Å². The van der Waals surface area contributed by atoms with Gasteiger partial charge in [0.1, 0.15) is 0 Å². The second-order valence-corrected chi connectivity index (χ2v) is 5.11. The summed E-state index contributed by atoms with van der Waals surface area (Å²) in [5.41, 5.74) is 3.21. The highest BCUT2D eigenvalue weighted by molar-refractivity contribution is 6.31. The quantitative estimate of drug-likeness (QED) is 0.884. The van der Waals surface area contributed by atoms with Gasteiger partial charge in [-0.05, 0) is 36.6 Å². The predicted molar refractivity (Wildman–Crippen MR) is 74.8 cm³/mol. The highest BCUT2D eigenvalue weighted by Gasteiger charge is 2.06. The first kappa shape index (κ1) is 12.2. The Morgan fingerprint density at radius 2 is 2.06 bits per heavy atom. The minimum absolute atomic E-state index is 0.608. The molecule has 0 unspecified atom stereocenters. The zero-order valence-corrected chi connectivity index (χ0v) is 11.2. The van der Waals surface area contributed by atoms with E-state index in [9.17, 15) is 0 Å². The SMILES string of the molecule is CNc1cc(CC(C)C)nc2ccc(Cl)cc12. The van der Waals surface area contributed by atoms with Crippen LogP contribution in [0.3, 0.4) is 0 Å². The molecule has 2 rings (SSSR count). The fourth-order valence-corrected chi connectivity index (χ4v) is 2.15. The van der Waals surface area contributed by atoms with Crippen molar-refractivity contribution >= 4 is 28.2 Å². The van der Waals surface area contributed by atoms with Crippen molar-refractivity contribution in [3.63, 3.8) is 0 Å². The first-order valence-corrected chi connectivity index (χ1v) is 6.25. The third kappa shape index (κ3) is 2.70. The number of fused-ring (bicyclic) bond motifs is 1. The van der Waals surface area contributed by atoms with Crippen molar-refractivity contribution < 1.29 is 0 Å². The molecule has 0 fully saturated rings. The number of nitrogens with one attached hydrogen (secondary N) is 1. The van der Waals surface area contributed by atoms with Crippen molar-refractivity contribution in [2.75, 3.05) is 12.4 Å². The molecule has 2 aromatic rings. The summed E-state index contributed by atoms with van der Waals surface area (Å²) in [7, 11) is 1.93. The number of halogens is 1. The van der Waals surface area contributed by atoms with Gasteiger partial charge in [-0.1, -0.05) is 25.4 Å². The minimum atomic E-state index is 0.608. The van der Waals surface area contributed by atoms with Crippen molar-refractivity contribution in [3.05, 3.63) is 35.0 Å². The van der Waals surface area contributed by atoms with E-state index in [-0.39, 0.29) is 0 Å². The lowest BCUT2D eigenvalue weighted by atomic mass is 10.1. The molecule has 0 amide bonds. The van der Waals surface area contributed by atoms with Crippen LogP contribution < -0.4 is 5.32 Å². The molecule has 0 radical (unpaired) electrons. The van der Waals surface area contributed by atoms with Gasteiger partial charge >= 0.3 is 0 Å². The fourth-order valence-electron chi connectivity index (χ4n) is 1.98. The summed E-state index contributed by atoms with van der Waals surface area (Å²) >= 11 is 6.02. The Balaban J connectivity index is 2.58. The standard InChI is InChI=1S/C14H17ClN2/c1-9(2)6-11-8-14(16-3)12-7-10(15)4-5-13(12)17-11/h4-5,7-9H,6H2,1-3H3,(H,16,17). The van der Waals surface area contributed by atoms with Gasteiger partial charge in [0.15, 0.2) is 0 Å². The van der Waals surface area contributed by atoms with E-state index in [1.807, 2.05) is 25.2 Å². The summed E-state index contributed by atoms with van der Waals surface area (Å²) in [6, 6.07) is 7.92. The van der Waals surface area contributed by atoms with Crippen LogP contribution in [0.5, 0.6) is 0 Å². The van der Waals surface area contributed by atoms with Gasteiger partial charge in [0, 0.05) is 28.8 Å². The number of benzene rings is 1. The number of hydrogen-bond acceptors (Lipinski definition) is 2. The second-order valence-electron chi connectivity index (χ2n) is 4.67.